The molecule has 0 spiro atoms. The van der Waals surface area contributed by atoms with E-state index < -0.39 is 5.97 Å². The third-order valence-electron chi connectivity index (χ3n) is 2.80. The molecule has 2 heterocycles. The van der Waals surface area contributed by atoms with E-state index in [4.69, 9.17) is 5.11 Å². The largest absolute Gasteiger partial charge is 0.481 e. The highest BCUT2D eigenvalue weighted by Crippen LogP contribution is 2.17. The second-order valence-electron chi connectivity index (χ2n) is 4.29. The van der Waals surface area contributed by atoms with E-state index in [2.05, 4.69) is 15.0 Å². The predicted molar refractivity (Wildman–Crippen MR) is 72.0 cm³/mol. The maximum absolute atomic E-state index is 10.4. The number of carboxylic acids is 1. The molecule has 0 radical (unpaired) electrons. The monoisotopic (exact) mass is 260 g/mol. The van der Waals surface area contributed by atoms with Gasteiger partial charge in [0.05, 0.1) is 0 Å². The van der Waals surface area contributed by atoms with Gasteiger partial charge in [-0.2, -0.15) is 0 Å². The second-order valence-corrected chi connectivity index (χ2v) is 4.29. The Morgan fingerprint density at radius 3 is 2.68 bits per heavy atom. The Morgan fingerprint density at radius 2 is 2.11 bits per heavy atom. The number of hydrogen-bond donors (Lipinski definition) is 2. The molecule has 100 valence electrons. The molecule has 6 nitrogen and oxygen atoms in total. The Bertz CT molecular complexity index is 522. The van der Waals surface area contributed by atoms with Crippen molar-refractivity contribution in [2.24, 2.45) is 0 Å². The van der Waals surface area contributed by atoms with Crippen LogP contribution in [0.3, 0.4) is 0 Å². The lowest BCUT2D eigenvalue weighted by Crippen LogP contribution is -2.21. The Balaban J connectivity index is 1.96. The number of carbonyl (C=O) groups is 1. The fraction of sp³-hybridized carbons (Fsp3) is 0.308. The number of nitrogens with zero attached hydrogens (tertiary/aromatic N) is 3. The number of anilines is 1. The van der Waals surface area contributed by atoms with Gasteiger partial charge < -0.3 is 15.0 Å². The van der Waals surface area contributed by atoms with E-state index in [0.29, 0.717) is 18.9 Å². The minimum Gasteiger partial charge on any atom is -0.481 e. The van der Waals surface area contributed by atoms with E-state index in [9.17, 15) is 4.79 Å². The van der Waals surface area contributed by atoms with E-state index in [1.54, 1.807) is 12.4 Å². The zero-order chi connectivity index (χ0) is 13.7. The fourth-order valence-corrected chi connectivity index (χ4v) is 1.74. The molecule has 0 bridgehead atoms. The summed E-state index contributed by atoms with van der Waals surface area (Å²) in [7, 11) is 1.85. The summed E-state index contributed by atoms with van der Waals surface area (Å²) < 4.78 is 0. The van der Waals surface area contributed by atoms with E-state index in [-0.39, 0.29) is 6.42 Å². The van der Waals surface area contributed by atoms with Crippen molar-refractivity contribution < 1.29 is 9.90 Å². The van der Waals surface area contributed by atoms with Crippen molar-refractivity contribution in [2.75, 3.05) is 18.5 Å². The lowest BCUT2D eigenvalue weighted by molar-refractivity contribution is -0.137. The maximum atomic E-state index is 10.4. The predicted octanol–water partition coefficient (Wildman–Crippen LogP) is 1.77. The highest BCUT2D eigenvalue weighted by Gasteiger charge is 2.06. The molecule has 2 aromatic heterocycles. The van der Waals surface area contributed by atoms with E-state index in [1.165, 1.54) is 0 Å². The Kier molecular flexibility index (Phi) is 4.12. The molecule has 0 aliphatic rings. The van der Waals surface area contributed by atoms with Crippen LogP contribution in [-0.2, 0) is 4.79 Å². The highest BCUT2D eigenvalue weighted by molar-refractivity contribution is 5.66. The summed E-state index contributed by atoms with van der Waals surface area (Å²) in [6.45, 7) is 0.621. The minimum absolute atomic E-state index is 0.159. The molecule has 0 amide bonds. The molecule has 2 N–H and O–H groups in total. The van der Waals surface area contributed by atoms with E-state index in [0.717, 1.165) is 11.1 Å². The summed E-state index contributed by atoms with van der Waals surface area (Å²) >= 11 is 0. The van der Waals surface area contributed by atoms with Gasteiger partial charge >= 0.3 is 5.97 Å². The molecular weight excluding hydrogens is 244 g/mol. The molecule has 0 saturated heterocycles. The first-order chi connectivity index (χ1) is 9.16. The van der Waals surface area contributed by atoms with Crippen LogP contribution in [0.25, 0.3) is 11.1 Å². The lowest BCUT2D eigenvalue weighted by atomic mass is 10.2. The normalized spacial score (nSPS) is 10.4. The Morgan fingerprint density at radius 1 is 1.37 bits per heavy atom. The molecule has 0 aliphatic heterocycles. The molecule has 2 aromatic rings. The van der Waals surface area contributed by atoms with Gasteiger partial charge in [-0.15, -0.1) is 0 Å². The molecule has 6 heteroatoms. The topological polar surface area (TPSA) is 82.1 Å². The van der Waals surface area contributed by atoms with Gasteiger partial charge in [-0.05, 0) is 12.5 Å². The smallest absolute Gasteiger partial charge is 0.303 e. The summed E-state index contributed by atoms with van der Waals surface area (Å²) in [4.78, 5) is 23.8. The van der Waals surface area contributed by atoms with Crippen molar-refractivity contribution in [1.82, 2.24) is 15.0 Å². The number of aromatic nitrogens is 3. The first-order valence-electron chi connectivity index (χ1n) is 6.05. The first-order valence-corrected chi connectivity index (χ1v) is 6.05. The molecule has 2 rings (SSSR count). The molecule has 19 heavy (non-hydrogen) atoms. The zero-order valence-corrected chi connectivity index (χ0v) is 10.7. The number of aromatic amines is 1. The van der Waals surface area contributed by atoms with Gasteiger partial charge in [0.2, 0.25) is 5.95 Å². The number of H-pyrrole nitrogens is 1. The van der Waals surface area contributed by atoms with Crippen LogP contribution < -0.4 is 4.90 Å². The van der Waals surface area contributed by atoms with Crippen LogP contribution in [0.5, 0.6) is 0 Å². The molecule has 0 unspecified atom stereocenters. The number of hydrogen-bond acceptors (Lipinski definition) is 4. The standard InChI is InChI=1S/C13H16N4O2/c1-17(6-2-3-12(18)19)13-15-8-11(9-16-13)10-4-5-14-7-10/h4-5,7-9,14H,2-3,6H2,1H3,(H,18,19). The molecule has 0 fully saturated rings. The number of rotatable bonds is 6. The molecule has 0 saturated carbocycles. The number of aliphatic carboxylic acids is 1. The lowest BCUT2D eigenvalue weighted by Gasteiger charge is -2.16. The Hall–Kier alpha value is -2.37. The average Bonchev–Trinajstić information content (AvgIpc) is 2.92. The molecule has 0 atom stereocenters. The number of carboxylic acid groups (broad SMARTS) is 1. The van der Waals surface area contributed by atoms with E-state index in [1.807, 2.05) is 30.4 Å². The summed E-state index contributed by atoms with van der Waals surface area (Å²) in [6, 6.07) is 1.95. The quantitative estimate of drug-likeness (QED) is 0.827. The van der Waals surface area contributed by atoms with Gasteiger partial charge in [0.25, 0.3) is 0 Å². The van der Waals surface area contributed by atoms with Gasteiger partial charge in [0.15, 0.2) is 0 Å². The Labute approximate surface area is 111 Å². The fourth-order valence-electron chi connectivity index (χ4n) is 1.74. The third-order valence-corrected chi connectivity index (χ3v) is 2.80. The number of nitrogens with one attached hydrogen (secondary N) is 1. The average molecular weight is 260 g/mol. The van der Waals surface area contributed by atoms with Crippen LogP contribution in [0.15, 0.2) is 30.9 Å². The zero-order valence-electron chi connectivity index (χ0n) is 10.7. The van der Waals surface area contributed by atoms with Gasteiger partial charge in [-0.3, -0.25) is 4.79 Å². The van der Waals surface area contributed by atoms with E-state index >= 15 is 0 Å². The van der Waals surface area contributed by atoms with Gasteiger partial charge in [0.1, 0.15) is 0 Å². The molecule has 0 aliphatic carbocycles. The maximum Gasteiger partial charge on any atom is 0.303 e. The summed E-state index contributed by atoms with van der Waals surface area (Å²) in [5.41, 5.74) is 1.99. The van der Waals surface area contributed by atoms with Crippen molar-refractivity contribution in [1.29, 1.82) is 0 Å². The van der Waals surface area contributed by atoms with Gasteiger partial charge in [0, 0.05) is 55.9 Å². The highest BCUT2D eigenvalue weighted by atomic mass is 16.4. The van der Waals surface area contributed by atoms with Crippen molar-refractivity contribution >= 4 is 11.9 Å². The SMILES string of the molecule is CN(CCCC(=O)O)c1ncc(-c2cc[nH]c2)cn1. The first kappa shape index (κ1) is 13.1. The van der Waals surface area contributed by atoms with Crippen molar-refractivity contribution in [3.8, 4) is 11.1 Å². The van der Waals surface area contributed by atoms with Crippen LogP contribution in [0, 0.1) is 0 Å². The van der Waals surface area contributed by atoms with Gasteiger partial charge in [-0.25, -0.2) is 9.97 Å². The molecule has 0 aromatic carbocycles. The van der Waals surface area contributed by atoms with Gasteiger partial charge in [-0.1, -0.05) is 0 Å². The summed E-state index contributed by atoms with van der Waals surface area (Å²) in [5, 5.41) is 8.59. The van der Waals surface area contributed by atoms with Crippen LogP contribution in [0.1, 0.15) is 12.8 Å². The van der Waals surface area contributed by atoms with Crippen LogP contribution in [0.4, 0.5) is 5.95 Å². The summed E-state index contributed by atoms with van der Waals surface area (Å²) in [6.07, 6.45) is 8.00. The van der Waals surface area contributed by atoms with Crippen molar-refractivity contribution in [3.05, 3.63) is 30.9 Å². The minimum atomic E-state index is -0.780. The van der Waals surface area contributed by atoms with Crippen molar-refractivity contribution in [3.63, 3.8) is 0 Å². The van der Waals surface area contributed by atoms with Crippen molar-refractivity contribution in [2.45, 2.75) is 12.8 Å². The molecular formula is C13H16N4O2. The summed E-state index contributed by atoms with van der Waals surface area (Å²) in [5.74, 6) is -0.179. The third kappa shape index (κ3) is 3.54. The van der Waals surface area contributed by atoms with Crippen LogP contribution in [0.2, 0.25) is 0 Å². The van der Waals surface area contributed by atoms with Crippen LogP contribution >= 0.6 is 0 Å². The second kappa shape index (κ2) is 5.99. The van der Waals surface area contributed by atoms with Crippen LogP contribution in [-0.4, -0.2) is 39.6 Å².